The fourth-order valence-electron chi connectivity index (χ4n) is 3.03. The third kappa shape index (κ3) is 3.00. The van der Waals surface area contributed by atoms with Crippen LogP contribution in [-0.4, -0.2) is 13.0 Å². The molecule has 0 bridgehead atoms. The number of halogens is 1. The molecular weight excluding hydrogens is 350 g/mol. The fraction of sp³-hybridized carbons (Fsp3) is 0.0952. The van der Waals surface area contributed by atoms with Gasteiger partial charge in [0, 0.05) is 21.9 Å². The van der Waals surface area contributed by atoms with E-state index in [1.807, 2.05) is 48.5 Å². The lowest BCUT2D eigenvalue weighted by molar-refractivity contribution is -0.115. The Labute approximate surface area is 155 Å². The number of hydrogen-bond donors (Lipinski definition) is 1. The second-order valence-corrected chi connectivity index (χ2v) is 6.37. The second kappa shape index (κ2) is 6.73. The van der Waals surface area contributed by atoms with Gasteiger partial charge >= 0.3 is 0 Å². The molecule has 130 valence electrons. The maximum atomic E-state index is 12.5. The zero-order chi connectivity index (χ0) is 18.1. The molecule has 0 spiro atoms. The summed E-state index contributed by atoms with van der Waals surface area (Å²) in [5, 5.41) is 5.42. The lowest BCUT2D eigenvalue weighted by Gasteiger charge is -2.11. The van der Waals surface area contributed by atoms with Crippen LogP contribution in [0.2, 0.25) is 5.02 Å². The van der Waals surface area contributed by atoms with Crippen LogP contribution < -0.4 is 10.1 Å². The molecular formula is C21H16ClNO3. The third-order valence-corrected chi connectivity index (χ3v) is 4.65. The zero-order valence-electron chi connectivity index (χ0n) is 14.1. The van der Waals surface area contributed by atoms with Gasteiger partial charge in [0.05, 0.1) is 19.2 Å². The van der Waals surface area contributed by atoms with Crippen molar-refractivity contribution in [1.29, 1.82) is 0 Å². The highest BCUT2D eigenvalue weighted by molar-refractivity contribution is 6.31. The van der Waals surface area contributed by atoms with Crippen LogP contribution in [-0.2, 0) is 11.2 Å². The summed E-state index contributed by atoms with van der Waals surface area (Å²) in [5.41, 5.74) is 2.83. The lowest BCUT2D eigenvalue weighted by Crippen LogP contribution is -2.15. The maximum Gasteiger partial charge on any atom is 0.228 e. The fourth-order valence-corrected chi connectivity index (χ4v) is 3.23. The summed E-state index contributed by atoms with van der Waals surface area (Å²) in [6, 6.07) is 18.8. The number of nitrogens with one attached hydrogen (secondary N) is 1. The summed E-state index contributed by atoms with van der Waals surface area (Å²) in [6.07, 6.45) is 0.182. The third-order valence-electron chi connectivity index (χ3n) is 4.28. The number of hydrogen-bond acceptors (Lipinski definition) is 3. The first-order valence-corrected chi connectivity index (χ1v) is 8.56. The molecule has 3 aromatic carbocycles. The van der Waals surface area contributed by atoms with E-state index in [1.165, 1.54) is 0 Å². The molecule has 0 aliphatic carbocycles. The van der Waals surface area contributed by atoms with E-state index in [4.69, 9.17) is 20.8 Å². The number of ether oxygens (including phenoxy) is 1. The first-order chi connectivity index (χ1) is 12.7. The van der Waals surface area contributed by atoms with E-state index in [-0.39, 0.29) is 12.3 Å². The molecule has 4 aromatic rings. The number of para-hydroxylation sites is 1. The van der Waals surface area contributed by atoms with Gasteiger partial charge in [0.2, 0.25) is 5.91 Å². The van der Waals surface area contributed by atoms with Crippen molar-refractivity contribution in [1.82, 2.24) is 0 Å². The summed E-state index contributed by atoms with van der Waals surface area (Å²) >= 11 is 6.13. The summed E-state index contributed by atoms with van der Waals surface area (Å²) in [4.78, 5) is 12.5. The first-order valence-electron chi connectivity index (χ1n) is 8.18. The van der Waals surface area contributed by atoms with Crippen LogP contribution in [0.4, 0.5) is 5.69 Å². The molecule has 0 aliphatic heterocycles. The van der Waals surface area contributed by atoms with E-state index in [9.17, 15) is 4.79 Å². The molecule has 0 radical (unpaired) electrons. The van der Waals surface area contributed by atoms with E-state index in [2.05, 4.69) is 5.32 Å². The smallest absolute Gasteiger partial charge is 0.228 e. The molecule has 0 saturated carbocycles. The van der Waals surface area contributed by atoms with Crippen molar-refractivity contribution in [2.45, 2.75) is 6.42 Å². The number of rotatable bonds is 4. The number of carbonyl (C=O) groups is 1. The van der Waals surface area contributed by atoms with Crippen LogP contribution in [0.3, 0.4) is 0 Å². The van der Waals surface area contributed by atoms with Gasteiger partial charge in [0.15, 0.2) is 0 Å². The van der Waals surface area contributed by atoms with Crippen molar-refractivity contribution >= 4 is 45.1 Å². The van der Waals surface area contributed by atoms with Crippen LogP contribution in [0.1, 0.15) is 5.56 Å². The highest BCUT2D eigenvalue weighted by atomic mass is 35.5. The average molecular weight is 366 g/mol. The van der Waals surface area contributed by atoms with Gasteiger partial charge in [0.1, 0.15) is 16.9 Å². The van der Waals surface area contributed by atoms with Gasteiger partial charge in [-0.1, -0.05) is 48.0 Å². The number of anilines is 1. The van der Waals surface area contributed by atoms with E-state index in [0.29, 0.717) is 22.0 Å². The van der Waals surface area contributed by atoms with Crippen molar-refractivity contribution < 1.29 is 13.9 Å². The minimum Gasteiger partial charge on any atom is -0.495 e. The molecule has 26 heavy (non-hydrogen) atoms. The minimum atomic E-state index is -0.174. The highest BCUT2D eigenvalue weighted by Crippen LogP contribution is 2.36. The van der Waals surface area contributed by atoms with Gasteiger partial charge in [-0.15, -0.1) is 0 Å². The van der Waals surface area contributed by atoms with Gasteiger partial charge in [0.25, 0.3) is 0 Å². The SMILES string of the molecule is COc1cc2c(cc1NC(=O)Cc1ccccc1Cl)oc1ccccc12. The van der Waals surface area contributed by atoms with Gasteiger partial charge < -0.3 is 14.5 Å². The van der Waals surface area contributed by atoms with Crippen LogP contribution in [0.5, 0.6) is 5.75 Å². The van der Waals surface area contributed by atoms with Crippen molar-refractivity contribution in [3.63, 3.8) is 0 Å². The van der Waals surface area contributed by atoms with E-state index >= 15 is 0 Å². The summed E-state index contributed by atoms with van der Waals surface area (Å²) < 4.78 is 11.3. The first kappa shape index (κ1) is 16.5. The molecule has 0 fully saturated rings. The summed E-state index contributed by atoms with van der Waals surface area (Å²) in [7, 11) is 1.58. The standard InChI is InChI=1S/C21H16ClNO3/c1-25-20-11-15-14-7-3-5-9-18(14)26-19(15)12-17(20)23-21(24)10-13-6-2-4-8-16(13)22/h2-9,11-12H,10H2,1H3,(H,23,24). The molecule has 0 unspecified atom stereocenters. The van der Waals surface area contributed by atoms with E-state index in [0.717, 1.165) is 21.9 Å². The molecule has 4 nitrogen and oxygen atoms in total. The van der Waals surface area contributed by atoms with Crippen LogP contribution >= 0.6 is 11.6 Å². The molecule has 0 atom stereocenters. The summed E-state index contributed by atoms with van der Waals surface area (Å²) in [6.45, 7) is 0. The Bertz CT molecular complexity index is 1120. The van der Waals surface area contributed by atoms with Crippen molar-refractivity contribution in [2.75, 3.05) is 12.4 Å². The maximum absolute atomic E-state index is 12.5. The van der Waals surface area contributed by atoms with Crippen molar-refractivity contribution in [3.05, 3.63) is 71.2 Å². The molecule has 1 N–H and O–H groups in total. The van der Waals surface area contributed by atoms with E-state index < -0.39 is 0 Å². The quantitative estimate of drug-likeness (QED) is 0.524. The number of amides is 1. The molecule has 0 saturated heterocycles. The highest BCUT2D eigenvalue weighted by Gasteiger charge is 2.15. The summed E-state index contributed by atoms with van der Waals surface area (Å²) in [5.74, 6) is 0.406. The zero-order valence-corrected chi connectivity index (χ0v) is 14.8. The number of furan rings is 1. The molecule has 4 rings (SSSR count). The van der Waals surface area contributed by atoms with Crippen LogP contribution in [0.15, 0.2) is 65.1 Å². The predicted octanol–water partition coefficient (Wildman–Crippen LogP) is 5.43. The average Bonchev–Trinajstić information content (AvgIpc) is 3.00. The number of benzene rings is 3. The molecule has 1 aromatic heterocycles. The molecule has 1 amide bonds. The molecule has 0 aliphatic rings. The lowest BCUT2D eigenvalue weighted by atomic mass is 10.1. The Kier molecular flexibility index (Phi) is 4.27. The minimum absolute atomic E-state index is 0.174. The molecule has 5 heteroatoms. The van der Waals surface area contributed by atoms with Crippen LogP contribution in [0, 0.1) is 0 Å². The topological polar surface area (TPSA) is 51.5 Å². The van der Waals surface area contributed by atoms with Gasteiger partial charge in [-0.05, 0) is 23.8 Å². The second-order valence-electron chi connectivity index (χ2n) is 5.96. The van der Waals surface area contributed by atoms with Gasteiger partial charge in [-0.3, -0.25) is 4.79 Å². The van der Waals surface area contributed by atoms with Gasteiger partial charge in [-0.25, -0.2) is 0 Å². The van der Waals surface area contributed by atoms with E-state index in [1.54, 1.807) is 19.2 Å². The Morgan fingerprint density at radius 3 is 2.62 bits per heavy atom. The number of carbonyl (C=O) groups excluding carboxylic acids is 1. The van der Waals surface area contributed by atoms with Gasteiger partial charge in [-0.2, -0.15) is 0 Å². The monoisotopic (exact) mass is 365 g/mol. The number of fused-ring (bicyclic) bond motifs is 3. The Hall–Kier alpha value is -2.98. The Morgan fingerprint density at radius 1 is 1.04 bits per heavy atom. The Balaban J connectivity index is 1.68. The van der Waals surface area contributed by atoms with Crippen molar-refractivity contribution in [2.24, 2.45) is 0 Å². The molecule has 1 heterocycles. The predicted molar refractivity (Wildman–Crippen MR) is 104 cm³/mol. The number of methoxy groups -OCH3 is 1. The Morgan fingerprint density at radius 2 is 1.81 bits per heavy atom. The normalized spacial score (nSPS) is 11.0. The largest absolute Gasteiger partial charge is 0.495 e. The van der Waals surface area contributed by atoms with Crippen molar-refractivity contribution in [3.8, 4) is 5.75 Å². The van der Waals surface area contributed by atoms with Crippen LogP contribution in [0.25, 0.3) is 21.9 Å².